The molecule has 0 heterocycles. The molecular weight excluding hydrogens is 302 g/mol. The zero-order chi connectivity index (χ0) is 16.2. The molecule has 2 aromatic carbocycles. The molecule has 0 saturated carbocycles. The summed E-state index contributed by atoms with van der Waals surface area (Å²) >= 11 is 0. The third-order valence-electron chi connectivity index (χ3n) is 3.02. The minimum absolute atomic E-state index is 0.000283. The van der Waals surface area contributed by atoms with Gasteiger partial charge in [-0.25, -0.2) is 8.42 Å². The predicted molar refractivity (Wildman–Crippen MR) is 85.9 cm³/mol. The molecule has 0 aliphatic heterocycles. The summed E-state index contributed by atoms with van der Waals surface area (Å²) in [6, 6.07) is 10.7. The van der Waals surface area contributed by atoms with Crippen molar-refractivity contribution >= 4 is 15.7 Å². The molecule has 0 aliphatic rings. The van der Waals surface area contributed by atoms with Gasteiger partial charge in [0, 0.05) is 6.07 Å². The highest BCUT2D eigenvalue weighted by Crippen LogP contribution is 2.24. The number of rotatable bonds is 6. The lowest BCUT2D eigenvalue weighted by Gasteiger charge is -2.12. The Bertz CT molecular complexity index is 756. The summed E-state index contributed by atoms with van der Waals surface area (Å²) in [5, 5.41) is 9.39. The van der Waals surface area contributed by atoms with Gasteiger partial charge in [0.1, 0.15) is 11.5 Å². The number of hydrogen-bond donors (Lipinski definition) is 2. The minimum atomic E-state index is -3.71. The SMILES string of the molecule is CCCOc1ccc(S(=O)(=O)Nc2cccc(O)c2)cc1C. The molecule has 0 spiro atoms. The summed E-state index contributed by atoms with van der Waals surface area (Å²) in [4.78, 5) is 0.150. The average molecular weight is 321 g/mol. The molecule has 0 unspecified atom stereocenters. The molecule has 0 fully saturated rings. The van der Waals surface area contributed by atoms with Crippen molar-refractivity contribution in [1.82, 2.24) is 0 Å². The van der Waals surface area contributed by atoms with Gasteiger partial charge in [0.15, 0.2) is 0 Å². The van der Waals surface area contributed by atoms with E-state index in [2.05, 4.69) is 4.72 Å². The Kier molecular flexibility index (Phi) is 4.92. The van der Waals surface area contributed by atoms with Gasteiger partial charge < -0.3 is 9.84 Å². The van der Waals surface area contributed by atoms with Gasteiger partial charge in [0.05, 0.1) is 17.2 Å². The van der Waals surface area contributed by atoms with Crippen molar-refractivity contribution < 1.29 is 18.3 Å². The van der Waals surface area contributed by atoms with Gasteiger partial charge in [0.25, 0.3) is 10.0 Å². The highest BCUT2D eigenvalue weighted by atomic mass is 32.2. The number of ether oxygens (including phenoxy) is 1. The number of sulfonamides is 1. The predicted octanol–water partition coefficient (Wildman–Crippen LogP) is 3.29. The third kappa shape index (κ3) is 3.92. The molecule has 0 radical (unpaired) electrons. The first-order valence-corrected chi connectivity index (χ1v) is 8.46. The molecule has 0 aromatic heterocycles. The number of benzene rings is 2. The second-order valence-corrected chi connectivity index (χ2v) is 6.61. The molecule has 22 heavy (non-hydrogen) atoms. The summed E-state index contributed by atoms with van der Waals surface area (Å²) in [7, 11) is -3.71. The van der Waals surface area contributed by atoms with E-state index >= 15 is 0 Å². The Balaban J connectivity index is 2.24. The maximum Gasteiger partial charge on any atom is 0.261 e. The zero-order valence-corrected chi connectivity index (χ0v) is 13.4. The summed E-state index contributed by atoms with van der Waals surface area (Å²) in [5.41, 5.74) is 1.07. The summed E-state index contributed by atoms with van der Waals surface area (Å²) in [6.45, 7) is 4.40. The highest BCUT2D eigenvalue weighted by molar-refractivity contribution is 7.92. The lowest BCUT2D eigenvalue weighted by molar-refractivity contribution is 0.315. The van der Waals surface area contributed by atoms with Crippen LogP contribution in [0.15, 0.2) is 47.4 Å². The third-order valence-corrected chi connectivity index (χ3v) is 4.40. The quantitative estimate of drug-likeness (QED) is 0.856. The van der Waals surface area contributed by atoms with Crippen LogP contribution in [0.25, 0.3) is 0 Å². The van der Waals surface area contributed by atoms with Crippen molar-refractivity contribution in [2.45, 2.75) is 25.2 Å². The smallest absolute Gasteiger partial charge is 0.261 e. The molecule has 2 N–H and O–H groups in total. The van der Waals surface area contributed by atoms with Crippen LogP contribution in [-0.2, 0) is 10.0 Å². The number of aromatic hydroxyl groups is 1. The number of phenolic OH excluding ortho intramolecular Hbond substituents is 1. The fourth-order valence-electron chi connectivity index (χ4n) is 1.95. The Morgan fingerprint density at radius 1 is 1.18 bits per heavy atom. The van der Waals surface area contributed by atoms with Gasteiger partial charge in [-0.3, -0.25) is 4.72 Å². The number of nitrogens with one attached hydrogen (secondary N) is 1. The Labute approximate surface area is 130 Å². The maximum absolute atomic E-state index is 12.4. The van der Waals surface area contributed by atoms with Crippen LogP contribution in [0, 0.1) is 6.92 Å². The van der Waals surface area contributed by atoms with Gasteiger partial charge in [-0.15, -0.1) is 0 Å². The van der Waals surface area contributed by atoms with Crippen LogP contribution >= 0.6 is 0 Å². The molecular formula is C16H19NO4S. The average Bonchev–Trinajstić information content (AvgIpc) is 2.45. The van der Waals surface area contributed by atoms with E-state index in [4.69, 9.17) is 4.74 Å². The van der Waals surface area contributed by atoms with E-state index in [-0.39, 0.29) is 10.6 Å². The topological polar surface area (TPSA) is 75.6 Å². The molecule has 6 heteroatoms. The lowest BCUT2D eigenvalue weighted by Crippen LogP contribution is -2.13. The van der Waals surface area contributed by atoms with Gasteiger partial charge in [-0.2, -0.15) is 0 Å². The number of anilines is 1. The maximum atomic E-state index is 12.4. The van der Waals surface area contributed by atoms with E-state index in [9.17, 15) is 13.5 Å². The second kappa shape index (κ2) is 6.70. The standard InChI is InChI=1S/C16H19NO4S/c1-3-9-21-16-8-7-15(10-12(16)2)22(19,20)17-13-5-4-6-14(18)11-13/h4-8,10-11,17-18H,3,9H2,1-2H3. The van der Waals surface area contributed by atoms with E-state index in [1.807, 2.05) is 6.92 Å². The molecule has 2 rings (SSSR count). The molecule has 0 atom stereocenters. The van der Waals surface area contributed by atoms with Crippen molar-refractivity contribution in [3.05, 3.63) is 48.0 Å². The number of hydrogen-bond acceptors (Lipinski definition) is 4. The minimum Gasteiger partial charge on any atom is -0.508 e. The first kappa shape index (κ1) is 16.2. The Morgan fingerprint density at radius 2 is 1.95 bits per heavy atom. The van der Waals surface area contributed by atoms with Gasteiger partial charge >= 0.3 is 0 Å². The van der Waals surface area contributed by atoms with Crippen LogP contribution < -0.4 is 9.46 Å². The van der Waals surface area contributed by atoms with Crippen molar-refractivity contribution in [1.29, 1.82) is 0 Å². The largest absolute Gasteiger partial charge is 0.508 e. The van der Waals surface area contributed by atoms with E-state index in [1.165, 1.54) is 18.2 Å². The zero-order valence-electron chi connectivity index (χ0n) is 12.5. The van der Waals surface area contributed by atoms with E-state index in [0.717, 1.165) is 12.0 Å². The molecule has 0 saturated heterocycles. The van der Waals surface area contributed by atoms with Gasteiger partial charge in [-0.1, -0.05) is 13.0 Å². The van der Waals surface area contributed by atoms with Crippen LogP contribution in [0.5, 0.6) is 11.5 Å². The Morgan fingerprint density at radius 3 is 2.59 bits per heavy atom. The number of aryl methyl sites for hydroxylation is 1. The lowest BCUT2D eigenvalue weighted by atomic mass is 10.2. The van der Waals surface area contributed by atoms with Crippen molar-refractivity contribution in [3.63, 3.8) is 0 Å². The van der Waals surface area contributed by atoms with Crippen molar-refractivity contribution in [2.75, 3.05) is 11.3 Å². The van der Waals surface area contributed by atoms with E-state index in [0.29, 0.717) is 18.0 Å². The molecule has 0 aliphatic carbocycles. The Hall–Kier alpha value is -2.21. The summed E-state index contributed by atoms with van der Waals surface area (Å²) < 4.78 is 32.7. The number of phenols is 1. The summed E-state index contributed by atoms with van der Waals surface area (Å²) in [6.07, 6.45) is 0.887. The van der Waals surface area contributed by atoms with Crippen molar-refractivity contribution in [2.24, 2.45) is 0 Å². The fourth-order valence-corrected chi connectivity index (χ4v) is 3.08. The van der Waals surface area contributed by atoms with Crippen LogP contribution in [0.3, 0.4) is 0 Å². The van der Waals surface area contributed by atoms with Crippen LogP contribution in [0.2, 0.25) is 0 Å². The molecule has 5 nitrogen and oxygen atoms in total. The monoisotopic (exact) mass is 321 g/mol. The first-order valence-electron chi connectivity index (χ1n) is 6.97. The van der Waals surface area contributed by atoms with Crippen LogP contribution in [0.4, 0.5) is 5.69 Å². The first-order chi connectivity index (χ1) is 10.4. The molecule has 118 valence electrons. The fraction of sp³-hybridized carbons (Fsp3) is 0.250. The van der Waals surface area contributed by atoms with Gasteiger partial charge in [0.2, 0.25) is 0 Å². The van der Waals surface area contributed by atoms with E-state index in [1.54, 1.807) is 31.2 Å². The van der Waals surface area contributed by atoms with Crippen LogP contribution in [0.1, 0.15) is 18.9 Å². The van der Waals surface area contributed by atoms with Crippen LogP contribution in [-0.4, -0.2) is 20.1 Å². The van der Waals surface area contributed by atoms with Crippen molar-refractivity contribution in [3.8, 4) is 11.5 Å². The second-order valence-electron chi connectivity index (χ2n) is 4.93. The highest BCUT2D eigenvalue weighted by Gasteiger charge is 2.16. The van der Waals surface area contributed by atoms with Gasteiger partial charge in [-0.05, 0) is 49.2 Å². The molecule has 0 bridgehead atoms. The molecule has 0 amide bonds. The summed E-state index contributed by atoms with van der Waals surface area (Å²) in [5.74, 6) is 0.679. The molecule has 2 aromatic rings. The van der Waals surface area contributed by atoms with E-state index < -0.39 is 10.0 Å². The normalized spacial score (nSPS) is 11.2.